The van der Waals surface area contributed by atoms with Gasteiger partial charge in [0.15, 0.2) is 0 Å². The second-order valence-electron chi connectivity index (χ2n) is 10.9. The molecule has 1 aliphatic rings. The van der Waals surface area contributed by atoms with Crippen molar-refractivity contribution in [2.45, 2.75) is 65.6 Å². The number of hydrogen-bond donors (Lipinski definition) is 0. The summed E-state index contributed by atoms with van der Waals surface area (Å²) in [4.78, 5) is 16.3. The molecule has 0 radical (unpaired) electrons. The van der Waals surface area contributed by atoms with E-state index in [1.54, 1.807) is 0 Å². The Morgan fingerprint density at radius 3 is 1.86 bits per heavy atom. The number of aromatic nitrogens is 2. The number of fused-ring (bicyclic) bond motifs is 1. The first kappa shape index (κ1) is 24.6. The third-order valence-corrected chi connectivity index (χ3v) is 7.99. The lowest BCUT2D eigenvalue weighted by Crippen LogP contribution is -2.40. The molecule has 0 N–H and O–H groups in total. The zero-order valence-corrected chi connectivity index (χ0v) is 22.2. The van der Waals surface area contributed by atoms with E-state index in [4.69, 9.17) is 0 Å². The average molecular weight is 482 g/mol. The predicted octanol–water partition coefficient (Wildman–Crippen LogP) is 6.89. The fraction of sp³-hybridized carbons (Fsp3) is 0.406. The predicted molar refractivity (Wildman–Crippen MR) is 150 cm³/mol. The lowest BCUT2D eigenvalue weighted by atomic mass is 9.89. The van der Waals surface area contributed by atoms with Gasteiger partial charge in [-0.15, -0.1) is 0 Å². The molecule has 4 aromatic rings. The zero-order chi connectivity index (χ0) is 25.2. The molecule has 36 heavy (non-hydrogen) atoms. The normalized spacial score (nSPS) is 15.4. The highest BCUT2D eigenvalue weighted by atomic mass is 16.1. The van der Waals surface area contributed by atoms with E-state index < -0.39 is 0 Å². The first-order valence-corrected chi connectivity index (χ1v) is 13.5. The van der Waals surface area contributed by atoms with Gasteiger partial charge < -0.3 is 0 Å². The number of aryl methyl sites for hydroxylation is 3. The fourth-order valence-corrected chi connectivity index (χ4v) is 5.94. The van der Waals surface area contributed by atoms with Crippen LogP contribution >= 0.6 is 0 Å². The van der Waals surface area contributed by atoms with Crippen LogP contribution < -0.4 is 5.69 Å². The van der Waals surface area contributed by atoms with Crippen LogP contribution in [0.4, 0.5) is 0 Å². The molecule has 0 atom stereocenters. The summed E-state index contributed by atoms with van der Waals surface area (Å²) >= 11 is 0. The Morgan fingerprint density at radius 1 is 0.778 bits per heavy atom. The number of para-hydroxylation sites is 2. The van der Waals surface area contributed by atoms with E-state index in [0.717, 1.165) is 49.9 Å². The third-order valence-electron chi connectivity index (χ3n) is 7.99. The second kappa shape index (κ2) is 10.5. The maximum absolute atomic E-state index is 13.7. The molecule has 0 bridgehead atoms. The van der Waals surface area contributed by atoms with Gasteiger partial charge in [0.1, 0.15) is 0 Å². The van der Waals surface area contributed by atoms with E-state index in [1.807, 2.05) is 4.57 Å². The van der Waals surface area contributed by atoms with Crippen molar-refractivity contribution >= 4 is 11.0 Å². The van der Waals surface area contributed by atoms with Crippen molar-refractivity contribution < 1.29 is 0 Å². The van der Waals surface area contributed by atoms with Crippen LogP contribution in [-0.2, 0) is 6.54 Å². The molecule has 1 saturated heterocycles. The standard InChI is InChI=1S/C32H39N3O/c1-23(2)17-22-34-29-15-9-10-16-30(29)35(32(34)36)26-18-20-33(21-19-26)31(27-13-7-5-11-24(27)3)28-14-8-6-12-25(28)4/h5-16,23,26,31H,17-22H2,1-4H3. The van der Waals surface area contributed by atoms with E-state index in [2.05, 4.69) is 110 Å². The van der Waals surface area contributed by atoms with Crippen LogP contribution in [0.3, 0.4) is 0 Å². The minimum Gasteiger partial charge on any atom is -0.292 e. The maximum Gasteiger partial charge on any atom is 0.329 e. The van der Waals surface area contributed by atoms with Crippen molar-refractivity contribution in [1.29, 1.82) is 0 Å². The number of nitrogens with zero attached hydrogens (tertiary/aromatic N) is 3. The van der Waals surface area contributed by atoms with Crippen molar-refractivity contribution in [3.05, 3.63) is 106 Å². The van der Waals surface area contributed by atoms with Gasteiger partial charge in [0, 0.05) is 25.7 Å². The lowest BCUT2D eigenvalue weighted by molar-refractivity contribution is 0.152. The van der Waals surface area contributed by atoms with Gasteiger partial charge in [-0.05, 0) is 73.4 Å². The van der Waals surface area contributed by atoms with Crippen molar-refractivity contribution in [3.63, 3.8) is 0 Å². The quantitative estimate of drug-likeness (QED) is 0.288. The van der Waals surface area contributed by atoms with Crippen LogP contribution in [0, 0.1) is 19.8 Å². The van der Waals surface area contributed by atoms with Gasteiger partial charge in [-0.25, -0.2) is 4.79 Å². The second-order valence-corrected chi connectivity index (χ2v) is 10.9. The fourth-order valence-electron chi connectivity index (χ4n) is 5.94. The summed E-state index contributed by atoms with van der Waals surface area (Å²) in [6, 6.07) is 26.4. The van der Waals surface area contributed by atoms with E-state index >= 15 is 0 Å². The third kappa shape index (κ3) is 4.67. The van der Waals surface area contributed by atoms with Gasteiger partial charge in [-0.3, -0.25) is 14.0 Å². The van der Waals surface area contributed by atoms with E-state index in [-0.39, 0.29) is 17.8 Å². The average Bonchev–Trinajstić information content (AvgIpc) is 3.16. The molecule has 1 fully saturated rings. The van der Waals surface area contributed by atoms with E-state index in [1.165, 1.54) is 22.3 Å². The minimum atomic E-state index is 0.157. The smallest absolute Gasteiger partial charge is 0.292 e. The highest BCUT2D eigenvalue weighted by Crippen LogP contribution is 2.36. The molecule has 0 spiro atoms. The molecule has 4 nitrogen and oxygen atoms in total. The Hall–Kier alpha value is -3.11. The molecular weight excluding hydrogens is 442 g/mol. The molecule has 4 heteroatoms. The number of rotatable bonds is 7. The van der Waals surface area contributed by atoms with Gasteiger partial charge in [0.05, 0.1) is 17.1 Å². The summed E-state index contributed by atoms with van der Waals surface area (Å²) in [5.74, 6) is 0.571. The monoisotopic (exact) mass is 481 g/mol. The number of likely N-dealkylation sites (tertiary alicyclic amines) is 1. The van der Waals surface area contributed by atoms with Crippen LogP contribution in [0.15, 0.2) is 77.6 Å². The molecule has 0 saturated carbocycles. The van der Waals surface area contributed by atoms with Crippen LogP contribution in [0.2, 0.25) is 0 Å². The Morgan fingerprint density at radius 2 is 1.31 bits per heavy atom. The van der Waals surface area contributed by atoms with Gasteiger partial charge in [-0.2, -0.15) is 0 Å². The molecule has 5 rings (SSSR count). The molecule has 0 aliphatic carbocycles. The van der Waals surface area contributed by atoms with Gasteiger partial charge >= 0.3 is 5.69 Å². The highest BCUT2D eigenvalue weighted by Gasteiger charge is 2.31. The Kier molecular flexibility index (Phi) is 7.15. The molecule has 188 valence electrons. The molecule has 0 unspecified atom stereocenters. The Balaban J connectivity index is 1.45. The molecule has 3 aromatic carbocycles. The molecule has 1 aromatic heterocycles. The largest absolute Gasteiger partial charge is 0.329 e. The van der Waals surface area contributed by atoms with Gasteiger partial charge in [-0.1, -0.05) is 74.5 Å². The summed E-state index contributed by atoms with van der Waals surface area (Å²) < 4.78 is 4.11. The van der Waals surface area contributed by atoms with Crippen LogP contribution in [0.1, 0.15) is 67.4 Å². The van der Waals surface area contributed by atoms with Crippen molar-refractivity contribution in [2.75, 3.05) is 13.1 Å². The maximum atomic E-state index is 13.7. The summed E-state index contributed by atoms with van der Waals surface area (Å²) in [5, 5.41) is 0. The number of benzene rings is 3. The molecular formula is C32H39N3O. The summed E-state index contributed by atoms with van der Waals surface area (Å²) in [5.41, 5.74) is 7.74. The zero-order valence-electron chi connectivity index (χ0n) is 22.2. The van der Waals surface area contributed by atoms with E-state index in [9.17, 15) is 4.79 Å². The van der Waals surface area contributed by atoms with Crippen molar-refractivity contribution in [2.24, 2.45) is 5.92 Å². The van der Waals surface area contributed by atoms with E-state index in [0.29, 0.717) is 5.92 Å². The van der Waals surface area contributed by atoms with Gasteiger partial charge in [0.25, 0.3) is 0 Å². The number of imidazole rings is 1. The van der Waals surface area contributed by atoms with Gasteiger partial charge in [0.2, 0.25) is 0 Å². The molecule has 0 amide bonds. The Bertz CT molecular complexity index is 1340. The highest BCUT2D eigenvalue weighted by molar-refractivity contribution is 5.76. The lowest BCUT2D eigenvalue weighted by Gasteiger charge is -2.39. The van der Waals surface area contributed by atoms with Crippen LogP contribution in [0.5, 0.6) is 0 Å². The molecule has 2 heterocycles. The van der Waals surface area contributed by atoms with Crippen LogP contribution in [-0.4, -0.2) is 27.1 Å². The minimum absolute atomic E-state index is 0.157. The number of hydrogen-bond acceptors (Lipinski definition) is 2. The number of piperidine rings is 1. The molecule has 1 aliphatic heterocycles. The summed E-state index contributed by atoms with van der Waals surface area (Å²) in [6.45, 7) is 11.6. The van der Waals surface area contributed by atoms with Crippen LogP contribution in [0.25, 0.3) is 11.0 Å². The summed E-state index contributed by atoms with van der Waals surface area (Å²) in [6.07, 6.45) is 2.97. The first-order valence-electron chi connectivity index (χ1n) is 13.5. The van der Waals surface area contributed by atoms with Crippen molar-refractivity contribution in [3.8, 4) is 0 Å². The SMILES string of the molecule is Cc1ccccc1C(c1ccccc1C)N1CCC(n2c(=O)n(CCC(C)C)c3ccccc32)CC1. The topological polar surface area (TPSA) is 30.2 Å². The summed E-state index contributed by atoms with van der Waals surface area (Å²) in [7, 11) is 0. The van der Waals surface area contributed by atoms with Crippen molar-refractivity contribution in [1.82, 2.24) is 14.0 Å². The Labute approximate surface area is 215 Å². The first-order chi connectivity index (χ1) is 17.5.